The first kappa shape index (κ1) is 12.1. The molecule has 17 heavy (non-hydrogen) atoms. The third-order valence-electron chi connectivity index (χ3n) is 1.91. The monoisotopic (exact) mass is 272 g/mol. The molecule has 0 aliphatic carbocycles. The minimum absolute atomic E-state index is 0.0817. The van der Waals surface area contributed by atoms with Crippen LogP contribution in [-0.2, 0) is 0 Å². The number of aromatic nitrogens is 2. The number of hydrogen-bond acceptors (Lipinski definition) is 3. The molecule has 1 aromatic carbocycles. The van der Waals surface area contributed by atoms with Crippen molar-refractivity contribution in [2.24, 2.45) is 0 Å². The van der Waals surface area contributed by atoms with Gasteiger partial charge in [0, 0.05) is 11.8 Å². The van der Waals surface area contributed by atoms with Gasteiger partial charge in [0.15, 0.2) is 0 Å². The van der Waals surface area contributed by atoms with Gasteiger partial charge in [0.1, 0.15) is 11.6 Å². The molecule has 88 valence electrons. The lowest BCUT2D eigenvalue weighted by Gasteiger charge is -2.07. The molecule has 0 saturated carbocycles. The van der Waals surface area contributed by atoms with Crippen LogP contribution in [0.3, 0.4) is 0 Å². The summed E-state index contributed by atoms with van der Waals surface area (Å²) in [6, 6.07) is 5.43. The van der Waals surface area contributed by atoms with Gasteiger partial charge in [-0.1, -0.05) is 11.6 Å². The third-order valence-corrected chi connectivity index (χ3v) is 2.38. The quantitative estimate of drug-likeness (QED) is 0.775. The van der Waals surface area contributed by atoms with Crippen molar-refractivity contribution in [2.75, 3.05) is 0 Å². The van der Waals surface area contributed by atoms with Crippen LogP contribution in [0.4, 0.5) is 4.39 Å². The molecule has 2 rings (SSSR count). The molecule has 0 aliphatic heterocycles. The zero-order valence-corrected chi connectivity index (χ0v) is 10.3. The largest absolute Gasteiger partial charge is 0.437 e. The Kier molecular flexibility index (Phi) is 3.45. The third kappa shape index (κ3) is 3.05. The highest BCUT2D eigenvalue weighted by molar-refractivity contribution is 6.32. The molecule has 6 heteroatoms. The molecule has 0 spiro atoms. The SMILES string of the molecule is Cc1cc(Oc2ccc(F)cc2Cl)nc(Cl)n1. The van der Waals surface area contributed by atoms with Crippen LogP contribution in [0.15, 0.2) is 24.3 Å². The molecule has 0 N–H and O–H groups in total. The lowest BCUT2D eigenvalue weighted by molar-refractivity contribution is 0.459. The first-order chi connectivity index (χ1) is 8.04. The van der Waals surface area contributed by atoms with Gasteiger partial charge in [0.05, 0.1) is 5.02 Å². The van der Waals surface area contributed by atoms with Crippen LogP contribution < -0.4 is 4.74 Å². The van der Waals surface area contributed by atoms with Crippen LogP contribution in [0.5, 0.6) is 11.6 Å². The van der Waals surface area contributed by atoms with E-state index in [-0.39, 0.29) is 16.2 Å². The maximum atomic E-state index is 12.8. The zero-order valence-electron chi connectivity index (χ0n) is 8.75. The molecule has 1 heterocycles. The molecule has 1 aromatic heterocycles. The van der Waals surface area contributed by atoms with Gasteiger partial charge < -0.3 is 4.74 Å². The van der Waals surface area contributed by atoms with E-state index in [0.717, 1.165) is 6.07 Å². The fourth-order valence-electron chi connectivity index (χ4n) is 1.23. The summed E-state index contributed by atoms with van der Waals surface area (Å²) >= 11 is 11.5. The minimum atomic E-state index is -0.431. The normalized spacial score (nSPS) is 10.4. The number of nitrogens with zero attached hydrogens (tertiary/aromatic N) is 2. The molecule has 0 bridgehead atoms. The maximum Gasteiger partial charge on any atom is 0.225 e. The zero-order chi connectivity index (χ0) is 12.4. The van der Waals surface area contributed by atoms with Crippen molar-refractivity contribution in [1.82, 2.24) is 9.97 Å². The second-order valence-corrected chi connectivity index (χ2v) is 4.04. The van der Waals surface area contributed by atoms with Gasteiger partial charge in [-0.2, -0.15) is 4.98 Å². The van der Waals surface area contributed by atoms with Crippen LogP contribution in [0.25, 0.3) is 0 Å². The summed E-state index contributed by atoms with van der Waals surface area (Å²) < 4.78 is 18.2. The van der Waals surface area contributed by atoms with E-state index in [1.54, 1.807) is 13.0 Å². The summed E-state index contributed by atoms with van der Waals surface area (Å²) in [4.78, 5) is 7.77. The Morgan fingerprint density at radius 2 is 1.94 bits per heavy atom. The van der Waals surface area contributed by atoms with Crippen molar-refractivity contribution in [2.45, 2.75) is 6.92 Å². The van der Waals surface area contributed by atoms with Gasteiger partial charge in [-0.05, 0) is 36.7 Å². The molecule has 0 saturated heterocycles. The summed E-state index contributed by atoms with van der Waals surface area (Å²) in [5.41, 5.74) is 0.665. The average Bonchev–Trinajstić information content (AvgIpc) is 2.21. The molecule has 0 fully saturated rings. The van der Waals surface area contributed by atoms with Crippen LogP contribution >= 0.6 is 23.2 Å². The topological polar surface area (TPSA) is 35.0 Å². The fraction of sp³-hybridized carbons (Fsp3) is 0.0909. The van der Waals surface area contributed by atoms with E-state index in [9.17, 15) is 4.39 Å². The maximum absolute atomic E-state index is 12.8. The number of aryl methyl sites for hydroxylation is 1. The summed E-state index contributed by atoms with van der Waals surface area (Å²) in [5.74, 6) is 0.137. The van der Waals surface area contributed by atoms with Crippen LogP contribution in [0.2, 0.25) is 10.3 Å². The number of benzene rings is 1. The fourth-order valence-corrected chi connectivity index (χ4v) is 1.65. The molecular formula is C11H7Cl2FN2O. The van der Waals surface area contributed by atoms with Gasteiger partial charge in [-0.25, -0.2) is 9.37 Å². The van der Waals surface area contributed by atoms with E-state index in [2.05, 4.69) is 9.97 Å². The Morgan fingerprint density at radius 1 is 1.18 bits per heavy atom. The second kappa shape index (κ2) is 4.85. The lowest BCUT2D eigenvalue weighted by atomic mass is 10.3. The summed E-state index contributed by atoms with van der Waals surface area (Å²) in [5, 5.41) is 0.246. The van der Waals surface area contributed by atoms with E-state index in [1.165, 1.54) is 12.1 Å². The molecule has 2 aromatic rings. The Morgan fingerprint density at radius 3 is 2.59 bits per heavy atom. The average molecular weight is 273 g/mol. The summed E-state index contributed by atoms with van der Waals surface area (Å²) in [6.07, 6.45) is 0. The summed E-state index contributed by atoms with van der Waals surface area (Å²) in [7, 11) is 0. The van der Waals surface area contributed by atoms with Crippen molar-refractivity contribution in [1.29, 1.82) is 0 Å². The van der Waals surface area contributed by atoms with Crippen molar-refractivity contribution in [3.63, 3.8) is 0 Å². The number of hydrogen-bond donors (Lipinski definition) is 0. The Bertz CT molecular complexity index is 543. The van der Waals surface area contributed by atoms with Crippen molar-refractivity contribution in [3.05, 3.63) is 46.1 Å². The van der Waals surface area contributed by atoms with Gasteiger partial charge in [0.25, 0.3) is 0 Å². The van der Waals surface area contributed by atoms with Crippen molar-refractivity contribution in [3.8, 4) is 11.6 Å². The van der Waals surface area contributed by atoms with Gasteiger partial charge in [0.2, 0.25) is 11.2 Å². The van der Waals surface area contributed by atoms with Gasteiger partial charge in [-0.15, -0.1) is 0 Å². The van der Waals surface area contributed by atoms with E-state index in [4.69, 9.17) is 27.9 Å². The van der Waals surface area contributed by atoms with E-state index >= 15 is 0 Å². The molecule has 0 unspecified atom stereocenters. The highest BCUT2D eigenvalue weighted by Crippen LogP contribution is 2.29. The Labute approximate surface area is 107 Å². The number of halogens is 3. The summed E-state index contributed by atoms with van der Waals surface area (Å²) in [6.45, 7) is 1.76. The van der Waals surface area contributed by atoms with E-state index < -0.39 is 5.82 Å². The Balaban J connectivity index is 2.31. The van der Waals surface area contributed by atoms with Gasteiger partial charge in [-0.3, -0.25) is 0 Å². The Hall–Kier alpha value is -1.39. The van der Waals surface area contributed by atoms with Crippen LogP contribution in [0.1, 0.15) is 5.69 Å². The number of rotatable bonds is 2. The van der Waals surface area contributed by atoms with Crippen molar-refractivity contribution < 1.29 is 9.13 Å². The first-order valence-corrected chi connectivity index (χ1v) is 5.44. The highest BCUT2D eigenvalue weighted by Gasteiger charge is 2.07. The van der Waals surface area contributed by atoms with Gasteiger partial charge >= 0.3 is 0 Å². The molecule has 0 aliphatic rings. The molecule has 3 nitrogen and oxygen atoms in total. The molecule has 0 atom stereocenters. The lowest BCUT2D eigenvalue weighted by Crippen LogP contribution is -1.93. The first-order valence-electron chi connectivity index (χ1n) is 4.69. The van der Waals surface area contributed by atoms with Crippen LogP contribution in [0, 0.1) is 12.7 Å². The molecule has 0 radical (unpaired) electrons. The molecular weight excluding hydrogens is 266 g/mol. The van der Waals surface area contributed by atoms with Crippen LogP contribution in [-0.4, -0.2) is 9.97 Å². The second-order valence-electron chi connectivity index (χ2n) is 3.29. The predicted molar refractivity (Wildman–Crippen MR) is 63.3 cm³/mol. The standard InChI is InChI=1S/C11H7Cl2FN2O/c1-6-4-10(16-11(13)15-6)17-9-3-2-7(14)5-8(9)12/h2-5H,1H3. The van der Waals surface area contributed by atoms with E-state index in [1.807, 2.05) is 0 Å². The number of ether oxygens (including phenoxy) is 1. The minimum Gasteiger partial charge on any atom is -0.437 e. The van der Waals surface area contributed by atoms with Crippen molar-refractivity contribution >= 4 is 23.2 Å². The van der Waals surface area contributed by atoms with E-state index in [0.29, 0.717) is 11.4 Å². The smallest absolute Gasteiger partial charge is 0.225 e. The predicted octanol–water partition coefficient (Wildman–Crippen LogP) is 4.02. The molecule has 0 amide bonds. The highest BCUT2D eigenvalue weighted by atomic mass is 35.5.